The Balaban J connectivity index is 1.33. The van der Waals surface area contributed by atoms with Crippen LogP contribution in [-0.4, -0.2) is 16.3 Å². The van der Waals surface area contributed by atoms with Gasteiger partial charge in [0.05, 0.1) is 0 Å². The SMILES string of the molecule is Oc1cc2c(cc1O)C1c3cc(C45CC6CC(CC(C6)C4)C5)sc3CNC1CC2. The van der Waals surface area contributed by atoms with E-state index in [0.717, 1.165) is 37.1 Å². The molecule has 1 aliphatic heterocycles. The molecule has 0 spiro atoms. The van der Waals surface area contributed by atoms with Gasteiger partial charge in [0, 0.05) is 33.7 Å². The van der Waals surface area contributed by atoms with Crippen molar-refractivity contribution in [2.75, 3.05) is 0 Å². The number of aryl methyl sites for hydroxylation is 1. The van der Waals surface area contributed by atoms with Crippen LogP contribution in [0.2, 0.25) is 0 Å². The van der Waals surface area contributed by atoms with Crippen LogP contribution in [0, 0.1) is 17.8 Å². The zero-order valence-corrected chi connectivity index (χ0v) is 17.6. The molecular weight excluding hydrogens is 378 g/mol. The Morgan fingerprint density at radius 3 is 2.31 bits per heavy atom. The van der Waals surface area contributed by atoms with Gasteiger partial charge in [0.25, 0.3) is 0 Å². The topological polar surface area (TPSA) is 52.5 Å². The Bertz CT molecular complexity index is 973. The first kappa shape index (κ1) is 17.2. The Hall–Kier alpha value is -1.52. The summed E-state index contributed by atoms with van der Waals surface area (Å²) in [5.41, 5.74) is 4.40. The second-order valence-corrected chi connectivity index (χ2v) is 11.9. The summed E-state index contributed by atoms with van der Waals surface area (Å²) in [6.45, 7) is 0.993. The number of thiophene rings is 1. The fourth-order valence-electron chi connectivity index (χ4n) is 8.18. The zero-order chi connectivity index (χ0) is 19.3. The number of phenols is 2. The van der Waals surface area contributed by atoms with Crippen LogP contribution in [0.25, 0.3) is 0 Å². The van der Waals surface area contributed by atoms with E-state index in [4.69, 9.17) is 0 Å². The van der Waals surface area contributed by atoms with Gasteiger partial charge in [-0.25, -0.2) is 0 Å². The highest BCUT2D eigenvalue weighted by atomic mass is 32.1. The molecular formula is C25H29NO2S. The van der Waals surface area contributed by atoms with Gasteiger partial charge < -0.3 is 15.5 Å². The first-order chi connectivity index (χ1) is 14.1. The maximum atomic E-state index is 10.2. The van der Waals surface area contributed by atoms with Crippen LogP contribution in [0.4, 0.5) is 0 Å². The van der Waals surface area contributed by atoms with E-state index in [1.54, 1.807) is 10.9 Å². The summed E-state index contributed by atoms with van der Waals surface area (Å²) in [7, 11) is 0. The maximum Gasteiger partial charge on any atom is 0.157 e. The molecule has 2 aromatic rings. The average Bonchev–Trinajstić information content (AvgIpc) is 3.13. The highest BCUT2D eigenvalue weighted by molar-refractivity contribution is 7.12. The van der Waals surface area contributed by atoms with Crippen LogP contribution in [0.5, 0.6) is 11.5 Å². The van der Waals surface area contributed by atoms with E-state index in [-0.39, 0.29) is 11.5 Å². The first-order valence-corrected chi connectivity index (χ1v) is 12.3. The monoisotopic (exact) mass is 407 g/mol. The van der Waals surface area contributed by atoms with Crippen molar-refractivity contribution in [1.29, 1.82) is 0 Å². The molecule has 3 nitrogen and oxygen atoms in total. The second kappa shape index (κ2) is 5.79. The summed E-state index contributed by atoms with van der Waals surface area (Å²) < 4.78 is 0. The van der Waals surface area contributed by atoms with Gasteiger partial charge in [-0.3, -0.25) is 0 Å². The third kappa shape index (κ3) is 2.39. The molecule has 4 bridgehead atoms. The molecule has 2 unspecified atom stereocenters. The predicted octanol–water partition coefficient (Wildman–Crippen LogP) is 5.18. The number of nitrogens with one attached hydrogen (secondary N) is 1. The minimum absolute atomic E-state index is 0.0192. The molecule has 2 atom stereocenters. The van der Waals surface area contributed by atoms with Crippen molar-refractivity contribution in [1.82, 2.24) is 5.32 Å². The summed E-state index contributed by atoms with van der Waals surface area (Å²) in [5.74, 6) is 3.27. The Morgan fingerprint density at radius 1 is 0.897 bits per heavy atom. The zero-order valence-electron chi connectivity index (χ0n) is 16.8. The van der Waals surface area contributed by atoms with Crippen molar-refractivity contribution in [3.05, 3.63) is 44.6 Å². The van der Waals surface area contributed by atoms with E-state index in [1.165, 1.54) is 60.1 Å². The molecule has 8 rings (SSSR count). The number of rotatable bonds is 1. The third-order valence-electron chi connectivity index (χ3n) is 8.96. The second-order valence-electron chi connectivity index (χ2n) is 10.7. The lowest BCUT2D eigenvalue weighted by Gasteiger charge is -2.56. The lowest BCUT2D eigenvalue weighted by Crippen LogP contribution is -2.48. The van der Waals surface area contributed by atoms with E-state index in [2.05, 4.69) is 22.7 Å². The molecule has 4 saturated carbocycles. The van der Waals surface area contributed by atoms with E-state index < -0.39 is 0 Å². The molecule has 2 heterocycles. The fraction of sp³-hybridized carbons (Fsp3) is 0.600. The Morgan fingerprint density at radius 2 is 1.59 bits per heavy atom. The van der Waals surface area contributed by atoms with Crippen molar-refractivity contribution in [3.63, 3.8) is 0 Å². The highest BCUT2D eigenvalue weighted by Gasteiger charge is 2.52. The van der Waals surface area contributed by atoms with Gasteiger partial charge in [0.2, 0.25) is 0 Å². The molecule has 4 fully saturated rings. The van der Waals surface area contributed by atoms with Crippen molar-refractivity contribution < 1.29 is 10.2 Å². The van der Waals surface area contributed by atoms with Crippen molar-refractivity contribution in [2.24, 2.45) is 17.8 Å². The molecule has 6 aliphatic rings. The normalized spacial score (nSPS) is 39.1. The molecule has 3 N–H and O–H groups in total. The average molecular weight is 408 g/mol. The molecule has 152 valence electrons. The minimum atomic E-state index is 0.0192. The molecule has 1 aromatic heterocycles. The van der Waals surface area contributed by atoms with Gasteiger partial charge >= 0.3 is 0 Å². The predicted molar refractivity (Wildman–Crippen MR) is 115 cm³/mol. The van der Waals surface area contributed by atoms with Gasteiger partial charge in [-0.05, 0) is 104 Å². The smallest absolute Gasteiger partial charge is 0.157 e. The number of phenolic OH excluding ortho intramolecular Hbond substituents is 2. The summed E-state index contributed by atoms with van der Waals surface area (Å²) in [5, 5.41) is 24.0. The summed E-state index contributed by atoms with van der Waals surface area (Å²) in [6.07, 6.45) is 10.8. The van der Waals surface area contributed by atoms with Crippen molar-refractivity contribution in [2.45, 2.75) is 75.3 Å². The summed E-state index contributed by atoms with van der Waals surface area (Å²) in [4.78, 5) is 3.18. The molecule has 29 heavy (non-hydrogen) atoms. The van der Waals surface area contributed by atoms with Crippen LogP contribution >= 0.6 is 11.3 Å². The van der Waals surface area contributed by atoms with Gasteiger partial charge in [-0.2, -0.15) is 0 Å². The minimum Gasteiger partial charge on any atom is -0.504 e. The molecule has 5 aliphatic carbocycles. The number of fused-ring (bicyclic) bond motifs is 5. The van der Waals surface area contributed by atoms with Crippen LogP contribution in [0.3, 0.4) is 0 Å². The first-order valence-electron chi connectivity index (χ1n) is 11.5. The van der Waals surface area contributed by atoms with Crippen LogP contribution in [-0.2, 0) is 18.4 Å². The lowest BCUT2D eigenvalue weighted by atomic mass is 9.49. The van der Waals surface area contributed by atoms with E-state index >= 15 is 0 Å². The molecule has 1 aromatic carbocycles. The fourth-order valence-corrected chi connectivity index (χ4v) is 9.56. The summed E-state index contributed by atoms with van der Waals surface area (Å²) >= 11 is 2.09. The number of aromatic hydroxyl groups is 2. The van der Waals surface area contributed by atoms with Gasteiger partial charge in [0.15, 0.2) is 11.5 Å². The number of hydrogen-bond acceptors (Lipinski definition) is 4. The molecule has 0 saturated heterocycles. The molecule has 0 radical (unpaired) electrons. The Labute approximate surface area is 176 Å². The largest absolute Gasteiger partial charge is 0.504 e. The van der Waals surface area contributed by atoms with Crippen LogP contribution in [0.1, 0.15) is 77.3 Å². The Kier molecular flexibility index (Phi) is 3.43. The molecule has 0 amide bonds. The van der Waals surface area contributed by atoms with Gasteiger partial charge in [0.1, 0.15) is 0 Å². The van der Waals surface area contributed by atoms with E-state index in [0.29, 0.717) is 17.4 Å². The van der Waals surface area contributed by atoms with Crippen LogP contribution < -0.4 is 5.32 Å². The van der Waals surface area contributed by atoms with Crippen LogP contribution in [0.15, 0.2) is 18.2 Å². The van der Waals surface area contributed by atoms with Crippen molar-refractivity contribution >= 4 is 11.3 Å². The number of benzene rings is 1. The summed E-state index contributed by atoms with van der Waals surface area (Å²) in [6, 6.07) is 6.66. The van der Waals surface area contributed by atoms with Gasteiger partial charge in [-0.1, -0.05) is 0 Å². The maximum absolute atomic E-state index is 10.2. The van der Waals surface area contributed by atoms with E-state index in [1.807, 2.05) is 6.07 Å². The van der Waals surface area contributed by atoms with E-state index in [9.17, 15) is 10.2 Å². The molecule has 4 heteroatoms. The quantitative estimate of drug-likeness (QED) is 0.571. The lowest BCUT2D eigenvalue weighted by molar-refractivity contribution is -0.00349. The third-order valence-corrected chi connectivity index (χ3v) is 10.4. The highest BCUT2D eigenvalue weighted by Crippen LogP contribution is 2.62. The number of hydrogen-bond donors (Lipinski definition) is 3. The standard InChI is InChI=1S/C25H29NO2S/c27-20-6-16-1-2-19-24(17(16)7-21(20)28)18-8-23(29-22(18)12-26-19)25-9-13-3-14(10-25)5-15(4-13)11-25/h6-8,13-15,19,24,26-28H,1-5,9-12H2. The van der Waals surface area contributed by atoms with Crippen molar-refractivity contribution in [3.8, 4) is 11.5 Å². The van der Waals surface area contributed by atoms with Gasteiger partial charge in [-0.15, -0.1) is 11.3 Å².